The largest absolute Gasteiger partial charge is 0.314 e. The molecule has 1 N–H and O–H groups in total. The third-order valence-electron chi connectivity index (χ3n) is 3.22. The van der Waals surface area contributed by atoms with Gasteiger partial charge >= 0.3 is 0 Å². The molecule has 1 aromatic carbocycles. The molecule has 0 aliphatic carbocycles. The van der Waals surface area contributed by atoms with E-state index >= 15 is 0 Å². The second-order valence-electron chi connectivity index (χ2n) is 4.65. The Morgan fingerprint density at radius 3 is 2.39 bits per heavy atom. The predicted octanol–water partition coefficient (Wildman–Crippen LogP) is 4.07. The summed E-state index contributed by atoms with van der Waals surface area (Å²) >= 11 is 0. The molecule has 0 spiro atoms. The molecular formula is C15H23F2N. The lowest BCUT2D eigenvalue weighted by Gasteiger charge is -2.16. The van der Waals surface area contributed by atoms with Gasteiger partial charge in [0.2, 0.25) is 0 Å². The molecule has 1 rings (SSSR count). The van der Waals surface area contributed by atoms with Crippen molar-refractivity contribution >= 4 is 0 Å². The van der Waals surface area contributed by atoms with Crippen LogP contribution in [0.1, 0.15) is 45.1 Å². The zero-order valence-electron chi connectivity index (χ0n) is 11.3. The molecule has 1 nitrogen and oxygen atoms in total. The molecule has 0 saturated carbocycles. The van der Waals surface area contributed by atoms with Crippen LogP contribution in [0.4, 0.5) is 8.78 Å². The minimum atomic E-state index is -0.426. The lowest BCUT2D eigenvalue weighted by atomic mass is 10.0. The summed E-state index contributed by atoms with van der Waals surface area (Å²) in [6, 6.07) is 4.52. The zero-order chi connectivity index (χ0) is 13.4. The second kappa shape index (κ2) is 8.20. The fourth-order valence-corrected chi connectivity index (χ4v) is 2.10. The molecular weight excluding hydrogens is 232 g/mol. The van der Waals surface area contributed by atoms with E-state index in [1.165, 1.54) is 18.2 Å². The van der Waals surface area contributed by atoms with Crippen molar-refractivity contribution in [1.82, 2.24) is 5.32 Å². The maximum Gasteiger partial charge on any atom is 0.129 e. The van der Waals surface area contributed by atoms with E-state index in [0.29, 0.717) is 12.5 Å². The van der Waals surface area contributed by atoms with E-state index in [0.717, 1.165) is 32.2 Å². The van der Waals surface area contributed by atoms with Crippen molar-refractivity contribution in [2.75, 3.05) is 6.54 Å². The lowest BCUT2D eigenvalue weighted by molar-refractivity contribution is 0.450. The first kappa shape index (κ1) is 15.1. The van der Waals surface area contributed by atoms with Crippen LogP contribution in [0.15, 0.2) is 18.2 Å². The Morgan fingerprint density at radius 2 is 1.83 bits per heavy atom. The molecule has 0 bridgehead atoms. The summed E-state index contributed by atoms with van der Waals surface area (Å²) < 4.78 is 26.8. The van der Waals surface area contributed by atoms with E-state index < -0.39 is 11.6 Å². The van der Waals surface area contributed by atoms with Crippen molar-refractivity contribution in [2.45, 2.75) is 52.0 Å². The molecule has 0 heterocycles. The summed E-state index contributed by atoms with van der Waals surface area (Å²) in [5, 5.41) is 3.45. The summed E-state index contributed by atoms with van der Waals surface area (Å²) in [6.07, 6.45) is 4.42. The smallest absolute Gasteiger partial charge is 0.129 e. The molecule has 1 aromatic rings. The van der Waals surface area contributed by atoms with Crippen LogP contribution >= 0.6 is 0 Å². The van der Waals surface area contributed by atoms with Crippen LogP contribution in [0.2, 0.25) is 0 Å². The van der Waals surface area contributed by atoms with Crippen LogP contribution in [0, 0.1) is 11.6 Å². The molecule has 1 atom stereocenters. The summed E-state index contributed by atoms with van der Waals surface area (Å²) in [5.74, 6) is -0.853. The van der Waals surface area contributed by atoms with Crippen molar-refractivity contribution in [3.8, 4) is 0 Å². The highest BCUT2D eigenvalue weighted by Gasteiger charge is 2.10. The first-order valence-corrected chi connectivity index (χ1v) is 6.85. The Labute approximate surface area is 109 Å². The Bertz CT molecular complexity index is 332. The molecule has 0 radical (unpaired) electrons. The second-order valence-corrected chi connectivity index (χ2v) is 4.65. The van der Waals surface area contributed by atoms with Crippen molar-refractivity contribution in [3.63, 3.8) is 0 Å². The highest BCUT2D eigenvalue weighted by Crippen LogP contribution is 2.15. The molecule has 18 heavy (non-hydrogen) atoms. The quantitative estimate of drug-likeness (QED) is 0.738. The first-order valence-electron chi connectivity index (χ1n) is 6.85. The highest BCUT2D eigenvalue weighted by atomic mass is 19.1. The average molecular weight is 255 g/mol. The molecule has 0 fully saturated rings. The Kier molecular flexibility index (Phi) is 6.88. The third-order valence-corrected chi connectivity index (χ3v) is 3.22. The van der Waals surface area contributed by atoms with Gasteiger partial charge in [0.1, 0.15) is 11.6 Å². The number of hydrogen-bond acceptors (Lipinski definition) is 1. The summed E-state index contributed by atoms with van der Waals surface area (Å²) in [4.78, 5) is 0. The molecule has 0 aliphatic rings. The topological polar surface area (TPSA) is 12.0 Å². The van der Waals surface area contributed by atoms with Gasteiger partial charge in [0.25, 0.3) is 0 Å². The number of nitrogens with one attached hydrogen (secondary N) is 1. The normalized spacial score (nSPS) is 12.7. The molecule has 0 aromatic heterocycles. The number of hydrogen-bond donors (Lipinski definition) is 1. The Balaban J connectivity index is 2.40. The average Bonchev–Trinajstić information content (AvgIpc) is 2.36. The molecule has 102 valence electrons. The first-order chi connectivity index (χ1) is 8.69. The Morgan fingerprint density at radius 1 is 1.17 bits per heavy atom. The van der Waals surface area contributed by atoms with Crippen molar-refractivity contribution in [3.05, 3.63) is 35.4 Å². The van der Waals surface area contributed by atoms with E-state index in [-0.39, 0.29) is 5.56 Å². The monoisotopic (exact) mass is 255 g/mol. The minimum absolute atomic E-state index is 0.225. The fraction of sp³-hybridized carbons (Fsp3) is 0.600. The summed E-state index contributed by atoms with van der Waals surface area (Å²) in [6.45, 7) is 5.28. The maximum absolute atomic E-state index is 13.4. The summed E-state index contributed by atoms with van der Waals surface area (Å²) in [7, 11) is 0. The molecule has 3 heteroatoms. The maximum atomic E-state index is 13.4. The number of rotatable bonds is 8. The van der Waals surface area contributed by atoms with Crippen LogP contribution in [-0.2, 0) is 6.42 Å². The van der Waals surface area contributed by atoms with E-state index in [9.17, 15) is 8.78 Å². The van der Waals surface area contributed by atoms with Crippen LogP contribution in [0.3, 0.4) is 0 Å². The van der Waals surface area contributed by atoms with Gasteiger partial charge in [-0.15, -0.1) is 0 Å². The highest BCUT2D eigenvalue weighted by molar-refractivity contribution is 5.19. The van der Waals surface area contributed by atoms with Gasteiger partial charge in [0, 0.05) is 11.6 Å². The van der Waals surface area contributed by atoms with Gasteiger partial charge in [-0.3, -0.25) is 0 Å². The summed E-state index contributed by atoms with van der Waals surface area (Å²) in [5.41, 5.74) is 0.225. The Hall–Kier alpha value is -0.960. The third kappa shape index (κ3) is 4.73. The molecule has 1 unspecified atom stereocenters. The molecule has 0 amide bonds. The van der Waals surface area contributed by atoms with Gasteiger partial charge in [-0.25, -0.2) is 8.78 Å². The zero-order valence-corrected chi connectivity index (χ0v) is 11.3. The van der Waals surface area contributed by atoms with E-state index in [4.69, 9.17) is 0 Å². The fourth-order valence-electron chi connectivity index (χ4n) is 2.10. The van der Waals surface area contributed by atoms with Crippen molar-refractivity contribution < 1.29 is 8.78 Å². The standard InChI is InChI=1S/C15H23F2N/c1-3-11-18-12(4-2)7-5-8-13-14(16)9-6-10-15(13)17/h6,9-10,12,18H,3-5,7-8,11H2,1-2H3. The van der Waals surface area contributed by atoms with E-state index in [2.05, 4.69) is 19.2 Å². The molecule has 0 aliphatic heterocycles. The van der Waals surface area contributed by atoms with Gasteiger partial charge < -0.3 is 5.32 Å². The van der Waals surface area contributed by atoms with Gasteiger partial charge in [-0.2, -0.15) is 0 Å². The van der Waals surface area contributed by atoms with E-state index in [1.54, 1.807) is 0 Å². The van der Waals surface area contributed by atoms with Gasteiger partial charge in [0.05, 0.1) is 0 Å². The van der Waals surface area contributed by atoms with Crippen LogP contribution in [0.25, 0.3) is 0 Å². The van der Waals surface area contributed by atoms with Gasteiger partial charge in [0.15, 0.2) is 0 Å². The van der Waals surface area contributed by atoms with Gasteiger partial charge in [-0.1, -0.05) is 19.9 Å². The molecule has 0 saturated heterocycles. The SMILES string of the molecule is CCCNC(CC)CCCc1c(F)cccc1F. The van der Waals surface area contributed by atoms with Crippen LogP contribution in [0.5, 0.6) is 0 Å². The van der Waals surface area contributed by atoms with Gasteiger partial charge in [-0.05, 0) is 50.8 Å². The van der Waals surface area contributed by atoms with Crippen molar-refractivity contribution in [2.24, 2.45) is 0 Å². The minimum Gasteiger partial charge on any atom is -0.314 e. The van der Waals surface area contributed by atoms with Crippen molar-refractivity contribution in [1.29, 1.82) is 0 Å². The predicted molar refractivity (Wildman–Crippen MR) is 71.7 cm³/mol. The van der Waals surface area contributed by atoms with Crippen LogP contribution in [-0.4, -0.2) is 12.6 Å². The van der Waals surface area contributed by atoms with E-state index in [1.807, 2.05) is 0 Å². The number of halogens is 2. The number of benzene rings is 1. The lowest BCUT2D eigenvalue weighted by Crippen LogP contribution is -2.29. The van der Waals surface area contributed by atoms with Crippen LogP contribution < -0.4 is 5.32 Å².